The van der Waals surface area contributed by atoms with Crippen LogP contribution in [0.15, 0.2) is 60.7 Å². The van der Waals surface area contributed by atoms with Gasteiger partial charge in [0.1, 0.15) is 0 Å². The van der Waals surface area contributed by atoms with Gasteiger partial charge in [0.2, 0.25) is 5.78 Å². The monoisotopic (exact) mass is 584 g/mol. The minimum absolute atomic E-state index is 0.0297. The Bertz CT molecular complexity index is 1090. The minimum atomic E-state index is -4.38. The van der Waals surface area contributed by atoms with E-state index in [1.807, 2.05) is 27.7 Å². The van der Waals surface area contributed by atoms with Crippen LogP contribution < -0.4 is 0 Å². The molecule has 9 nitrogen and oxygen atoms in total. The van der Waals surface area contributed by atoms with Gasteiger partial charge in [-0.2, -0.15) is 0 Å². The number of benzene rings is 2. The number of carbonyl (C=O) groups is 1. The van der Waals surface area contributed by atoms with Gasteiger partial charge in [-0.1, -0.05) is 88.4 Å². The number of hydrogen-bond donors (Lipinski definition) is 4. The molecule has 218 valence electrons. The van der Waals surface area contributed by atoms with Crippen LogP contribution in [0.25, 0.3) is 0 Å². The molecule has 4 N–H and O–H groups in total. The molecule has 0 bridgehead atoms. The highest BCUT2D eigenvalue weighted by Gasteiger charge is 2.53. The second-order valence-electron chi connectivity index (χ2n) is 9.94. The molecule has 2 rings (SSSR count). The van der Waals surface area contributed by atoms with E-state index in [1.54, 1.807) is 60.7 Å². The summed E-state index contributed by atoms with van der Waals surface area (Å²) in [5, 5.41) is 0. The molecule has 0 unspecified atom stereocenters. The summed E-state index contributed by atoms with van der Waals surface area (Å²) in [5.41, 5.74) is -1.63. The zero-order valence-corrected chi connectivity index (χ0v) is 24.9. The fourth-order valence-corrected chi connectivity index (χ4v) is 6.10. The normalized spacial score (nSPS) is 13.4. The van der Waals surface area contributed by atoms with Crippen molar-refractivity contribution >= 4 is 21.0 Å². The van der Waals surface area contributed by atoms with E-state index >= 15 is 0 Å². The van der Waals surface area contributed by atoms with Crippen molar-refractivity contribution in [3.05, 3.63) is 71.8 Å². The van der Waals surface area contributed by atoms with E-state index < -0.39 is 50.3 Å². The fourth-order valence-electron chi connectivity index (χ4n) is 4.71. The number of rotatable bonds is 17. The molecule has 0 heterocycles. The first-order valence-electron chi connectivity index (χ1n) is 13.3. The molecule has 0 aromatic heterocycles. The SMILES string of the molecule is CCC(CC)(CCP(=O)(O)O)OC(OC(CC)(CC)CCP(=O)(O)O)(C(=O)c1ccccc1)c1ccccc1. The van der Waals surface area contributed by atoms with Crippen molar-refractivity contribution in [3.8, 4) is 0 Å². The maximum absolute atomic E-state index is 14.5. The average Bonchev–Trinajstić information content (AvgIpc) is 2.92. The van der Waals surface area contributed by atoms with Crippen molar-refractivity contribution in [3.63, 3.8) is 0 Å². The van der Waals surface area contributed by atoms with Crippen LogP contribution in [0.5, 0.6) is 0 Å². The summed E-state index contributed by atoms with van der Waals surface area (Å²) < 4.78 is 37.3. The van der Waals surface area contributed by atoms with Gasteiger partial charge < -0.3 is 29.0 Å². The summed E-state index contributed by atoms with van der Waals surface area (Å²) in [5.74, 6) is -2.58. The number of ether oxygens (including phenoxy) is 2. The van der Waals surface area contributed by atoms with E-state index in [-0.39, 0.29) is 12.8 Å². The number of Topliss-reactive ketones (excluding diaryl/α,β-unsaturated/α-hetero) is 1. The van der Waals surface area contributed by atoms with E-state index in [0.29, 0.717) is 36.8 Å². The van der Waals surface area contributed by atoms with E-state index in [1.165, 1.54) is 0 Å². The third-order valence-electron chi connectivity index (χ3n) is 7.50. The molecule has 0 saturated carbocycles. The maximum Gasteiger partial charge on any atom is 0.325 e. The largest absolute Gasteiger partial charge is 0.333 e. The molecule has 0 saturated heterocycles. The highest BCUT2D eigenvalue weighted by atomic mass is 31.2. The Morgan fingerprint density at radius 3 is 1.36 bits per heavy atom. The van der Waals surface area contributed by atoms with Gasteiger partial charge in [-0.15, -0.1) is 0 Å². The van der Waals surface area contributed by atoms with Gasteiger partial charge >= 0.3 is 15.2 Å². The summed E-state index contributed by atoms with van der Waals surface area (Å²) in [6.45, 7) is 7.30. The summed E-state index contributed by atoms with van der Waals surface area (Å²) in [6, 6.07) is 17.1. The lowest BCUT2D eigenvalue weighted by Crippen LogP contribution is -2.54. The van der Waals surface area contributed by atoms with Gasteiger partial charge in [0.25, 0.3) is 5.79 Å². The lowest BCUT2D eigenvalue weighted by Gasteiger charge is -2.47. The van der Waals surface area contributed by atoms with Gasteiger partial charge in [-0.3, -0.25) is 13.9 Å². The molecule has 0 aliphatic heterocycles. The molecule has 0 aliphatic carbocycles. The molecule has 2 aromatic carbocycles. The van der Waals surface area contributed by atoms with Crippen LogP contribution in [0.4, 0.5) is 0 Å². The van der Waals surface area contributed by atoms with Crippen molar-refractivity contribution in [2.75, 3.05) is 12.3 Å². The molecule has 39 heavy (non-hydrogen) atoms. The van der Waals surface area contributed by atoms with Gasteiger partial charge in [-0.25, -0.2) is 0 Å². The first kappa shape index (κ1) is 33.5. The zero-order valence-electron chi connectivity index (χ0n) is 23.2. The molecule has 0 fully saturated rings. The average molecular weight is 585 g/mol. The van der Waals surface area contributed by atoms with Crippen LogP contribution in [0, 0.1) is 0 Å². The Morgan fingerprint density at radius 2 is 1.03 bits per heavy atom. The molecule has 0 atom stereocenters. The van der Waals surface area contributed by atoms with Gasteiger partial charge in [0.15, 0.2) is 0 Å². The number of hydrogen-bond acceptors (Lipinski definition) is 5. The Kier molecular flexibility index (Phi) is 11.9. The smallest absolute Gasteiger partial charge is 0.325 e. The standard InChI is InChI=1S/C28H42O9P2/c1-5-26(6-2,19-21-38(30,31)32)36-28(24-17-13-10-14-18-24,25(29)23-15-11-9-12-16-23)37-27(7-3,8-4)20-22-39(33,34)35/h9-18H,5-8,19-22H2,1-4H3,(H2,30,31,32)(H2,33,34,35). The maximum atomic E-state index is 14.5. The quantitative estimate of drug-likeness (QED) is 0.0996. The second-order valence-corrected chi connectivity index (χ2v) is 13.5. The zero-order chi connectivity index (χ0) is 29.4. The Balaban J connectivity index is 2.84. The highest BCUT2D eigenvalue weighted by Crippen LogP contribution is 2.48. The summed E-state index contributed by atoms with van der Waals surface area (Å²) in [4.78, 5) is 53.2. The van der Waals surface area contributed by atoms with Crippen LogP contribution in [-0.4, -0.2) is 48.9 Å². The molecule has 0 radical (unpaired) electrons. The van der Waals surface area contributed by atoms with Crippen molar-refractivity contribution in [2.45, 2.75) is 83.2 Å². The predicted octanol–water partition coefficient (Wildman–Crippen LogP) is 6.01. The summed E-state index contributed by atoms with van der Waals surface area (Å²) >= 11 is 0. The van der Waals surface area contributed by atoms with Crippen LogP contribution in [-0.2, 0) is 24.4 Å². The molecular formula is C28H42O9P2. The topological polar surface area (TPSA) is 151 Å². The molecular weight excluding hydrogens is 542 g/mol. The first-order valence-corrected chi connectivity index (χ1v) is 16.9. The Hall–Kier alpha value is -1.67. The van der Waals surface area contributed by atoms with Crippen LogP contribution in [0.1, 0.15) is 82.1 Å². The van der Waals surface area contributed by atoms with Crippen molar-refractivity contribution in [2.24, 2.45) is 0 Å². The van der Waals surface area contributed by atoms with Crippen molar-refractivity contribution in [1.82, 2.24) is 0 Å². The molecule has 0 aliphatic rings. The molecule has 0 amide bonds. The summed E-state index contributed by atoms with van der Waals surface area (Å²) in [7, 11) is -8.76. The molecule has 0 spiro atoms. The number of ketones is 1. The Labute approximate surface area is 231 Å². The van der Waals surface area contributed by atoms with Crippen LogP contribution >= 0.6 is 15.2 Å². The molecule has 11 heteroatoms. The van der Waals surface area contributed by atoms with E-state index in [4.69, 9.17) is 9.47 Å². The predicted molar refractivity (Wildman–Crippen MR) is 151 cm³/mol. The highest BCUT2D eigenvalue weighted by molar-refractivity contribution is 7.52. The van der Waals surface area contributed by atoms with Crippen LogP contribution in [0.3, 0.4) is 0 Å². The molecule has 2 aromatic rings. The van der Waals surface area contributed by atoms with Gasteiger partial charge in [0, 0.05) is 11.1 Å². The van der Waals surface area contributed by atoms with E-state index in [9.17, 15) is 33.5 Å². The van der Waals surface area contributed by atoms with E-state index in [0.717, 1.165) is 0 Å². The van der Waals surface area contributed by atoms with Gasteiger partial charge in [0.05, 0.1) is 23.5 Å². The second kappa shape index (κ2) is 13.8. The Morgan fingerprint density at radius 1 is 0.667 bits per heavy atom. The third-order valence-corrected chi connectivity index (χ3v) is 9.12. The fraction of sp³-hybridized carbons (Fsp3) is 0.536. The first-order chi connectivity index (χ1) is 18.2. The third kappa shape index (κ3) is 9.17. The summed E-state index contributed by atoms with van der Waals surface area (Å²) in [6.07, 6.45) is 0.382. The number of carbonyl (C=O) groups excluding carboxylic acids is 1. The lowest BCUT2D eigenvalue weighted by molar-refractivity contribution is -0.311. The van der Waals surface area contributed by atoms with Gasteiger partial charge in [-0.05, 0) is 38.5 Å². The van der Waals surface area contributed by atoms with Crippen molar-refractivity contribution < 1.29 is 43.0 Å². The van der Waals surface area contributed by atoms with Crippen LogP contribution in [0.2, 0.25) is 0 Å². The van der Waals surface area contributed by atoms with Crippen molar-refractivity contribution in [1.29, 1.82) is 0 Å². The lowest BCUT2D eigenvalue weighted by atomic mass is 9.88. The van der Waals surface area contributed by atoms with E-state index in [2.05, 4.69) is 0 Å². The minimum Gasteiger partial charge on any atom is -0.333 e.